The maximum atomic E-state index is 12.7. The Balaban J connectivity index is 1.42. The van der Waals surface area contributed by atoms with Gasteiger partial charge in [0.15, 0.2) is 0 Å². The standard InChI is InChI=1S/C21H28N6O2/c1-22-19-11-20(25-14-24-19)27-13-18(28)10-17(27)12-23-21(29)15-5-4-6-16(9-15)26-7-2-3-8-26/h4-6,9,11,14,17-18,28H,2-3,7-8,10,12-13H2,1H3,(H,23,29)(H,22,24,25)/t17-,18-/m1/s1. The van der Waals surface area contributed by atoms with E-state index in [0.717, 1.165) is 30.4 Å². The van der Waals surface area contributed by atoms with Crippen molar-refractivity contribution in [3.8, 4) is 0 Å². The first-order valence-corrected chi connectivity index (χ1v) is 10.2. The molecule has 0 aliphatic carbocycles. The molecule has 8 heteroatoms. The molecule has 29 heavy (non-hydrogen) atoms. The van der Waals surface area contributed by atoms with Crippen molar-refractivity contribution in [3.63, 3.8) is 0 Å². The van der Waals surface area contributed by atoms with E-state index in [1.807, 2.05) is 29.2 Å². The van der Waals surface area contributed by atoms with E-state index in [2.05, 4.69) is 31.6 Å². The van der Waals surface area contributed by atoms with Gasteiger partial charge in [-0.05, 0) is 37.5 Å². The highest BCUT2D eigenvalue weighted by atomic mass is 16.3. The fraction of sp³-hybridized carbons (Fsp3) is 0.476. The summed E-state index contributed by atoms with van der Waals surface area (Å²) >= 11 is 0. The van der Waals surface area contributed by atoms with E-state index in [9.17, 15) is 9.90 Å². The van der Waals surface area contributed by atoms with Crippen LogP contribution in [0.3, 0.4) is 0 Å². The van der Waals surface area contributed by atoms with E-state index in [4.69, 9.17) is 0 Å². The third-order valence-corrected chi connectivity index (χ3v) is 5.67. The fourth-order valence-electron chi connectivity index (χ4n) is 4.14. The van der Waals surface area contributed by atoms with Gasteiger partial charge in [-0.2, -0.15) is 0 Å². The quantitative estimate of drug-likeness (QED) is 0.681. The Labute approximate surface area is 171 Å². The number of carbonyl (C=O) groups is 1. The molecular weight excluding hydrogens is 368 g/mol. The molecule has 3 N–H and O–H groups in total. The number of hydrogen-bond acceptors (Lipinski definition) is 7. The van der Waals surface area contributed by atoms with Gasteiger partial charge in [0, 0.05) is 50.5 Å². The van der Waals surface area contributed by atoms with E-state index < -0.39 is 6.10 Å². The fourth-order valence-corrected chi connectivity index (χ4v) is 4.14. The zero-order valence-corrected chi connectivity index (χ0v) is 16.7. The Bertz CT molecular complexity index is 855. The van der Waals surface area contributed by atoms with Gasteiger partial charge in [0.2, 0.25) is 0 Å². The number of carbonyl (C=O) groups excluding carboxylic acids is 1. The number of aliphatic hydroxyl groups excluding tert-OH is 1. The Morgan fingerprint density at radius 1 is 1.24 bits per heavy atom. The summed E-state index contributed by atoms with van der Waals surface area (Å²) in [6.07, 6.45) is 4.06. The molecular formula is C21H28N6O2. The van der Waals surface area contributed by atoms with Gasteiger partial charge in [-0.15, -0.1) is 0 Å². The number of nitrogens with one attached hydrogen (secondary N) is 2. The second-order valence-electron chi connectivity index (χ2n) is 7.66. The third kappa shape index (κ3) is 4.42. The van der Waals surface area contributed by atoms with E-state index in [0.29, 0.717) is 25.1 Å². The Morgan fingerprint density at radius 3 is 2.86 bits per heavy atom. The summed E-state index contributed by atoms with van der Waals surface area (Å²) in [5.74, 6) is 1.38. The maximum Gasteiger partial charge on any atom is 0.251 e. The number of amides is 1. The molecule has 0 saturated carbocycles. The summed E-state index contributed by atoms with van der Waals surface area (Å²) in [5, 5.41) is 16.2. The third-order valence-electron chi connectivity index (χ3n) is 5.67. The zero-order valence-electron chi connectivity index (χ0n) is 16.7. The zero-order chi connectivity index (χ0) is 20.2. The topological polar surface area (TPSA) is 93.6 Å². The molecule has 1 amide bonds. The van der Waals surface area contributed by atoms with Crippen LogP contribution in [0, 0.1) is 0 Å². The first kappa shape index (κ1) is 19.4. The van der Waals surface area contributed by atoms with Gasteiger partial charge < -0.3 is 25.5 Å². The molecule has 1 aromatic heterocycles. The molecule has 2 aromatic rings. The number of hydrogen-bond donors (Lipinski definition) is 3. The summed E-state index contributed by atoms with van der Waals surface area (Å²) in [6, 6.07) is 9.65. The first-order valence-electron chi connectivity index (χ1n) is 10.2. The molecule has 0 radical (unpaired) electrons. The van der Waals surface area contributed by atoms with Crippen LogP contribution in [0.4, 0.5) is 17.3 Å². The average Bonchev–Trinajstić information content (AvgIpc) is 3.42. The molecule has 8 nitrogen and oxygen atoms in total. The van der Waals surface area contributed by atoms with Crippen LogP contribution in [0.5, 0.6) is 0 Å². The summed E-state index contributed by atoms with van der Waals surface area (Å²) in [7, 11) is 1.80. The van der Waals surface area contributed by atoms with Crippen molar-refractivity contribution >= 4 is 23.2 Å². The van der Waals surface area contributed by atoms with E-state index in [1.54, 1.807) is 7.05 Å². The number of anilines is 3. The molecule has 1 aromatic carbocycles. The van der Waals surface area contributed by atoms with Crippen molar-refractivity contribution in [1.29, 1.82) is 0 Å². The van der Waals surface area contributed by atoms with Crippen LogP contribution in [0.15, 0.2) is 36.7 Å². The lowest BCUT2D eigenvalue weighted by atomic mass is 10.1. The minimum absolute atomic E-state index is 0.0182. The molecule has 2 fully saturated rings. The summed E-state index contributed by atoms with van der Waals surface area (Å²) in [5.41, 5.74) is 1.77. The minimum Gasteiger partial charge on any atom is -0.391 e. The predicted molar refractivity (Wildman–Crippen MR) is 114 cm³/mol. The van der Waals surface area contributed by atoms with Gasteiger partial charge in [0.25, 0.3) is 5.91 Å². The van der Waals surface area contributed by atoms with E-state index in [-0.39, 0.29) is 11.9 Å². The van der Waals surface area contributed by atoms with Crippen LogP contribution in [-0.4, -0.2) is 66.4 Å². The van der Waals surface area contributed by atoms with E-state index in [1.165, 1.54) is 19.2 Å². The number of aromatic nitrogens is 2. The van der Waals surface area contributed by atoms with Crippen LogP contribution in [-0.2, 0) is 0 Å². The van der Waals surface area contributed by atoms with Gasteiger partial charge in [-0.25, -0.2) is 9.97 Å². The monoisotopic (exact) mass is 396 g/mol. The minimum atomic E-state index is -0.441. The molecule has 154 valence electrons. The molecule has 4 rings (SSSR count). The van der Waals surface area contributed by atoms with Crippen molar-refractivity contribution < 1.29 is 9.90 Å². The number of β-amino-alcohol motifs (C(OH)–C–C–N with tert-alkyl or cyclic N) is 1. The van der Waals surface area contributed by atoms with Crippen molar-refractivity contribution in [2.45, 2.75) is 31.4 Å². The molecule has 3 heterocycles. The highest BCUT2D eigenvalue weighted by Crippen LogP contribution is 2.25. The number of benzene rings is 1. The Kier molecular flexibility index (Phi) is 5.80. The van der Waals surface area contributed by atoms with Gasteiger partial charge >= 0.3 is 0 Å². The smallest absolute Gasteiger partial charge is 0.251 e. The second kappa shape index (κ2) is 8.65. The maximum absolute atomic E-state index is 12.7. The Morgan fingerprint density at radius 2 is 2.07 bits per heavy atom. The summed E-state index contributed by atoms with van der Waals surface area (Å²) in [6.45, 7) is 3.04. The lowest BCUT2D eigenvalue weighted by Gasteiger charge is -2.26. The van der Waals surface area contributed by atoms with Gasteiger partial charge in [0.05, 0.1) is 12.1 Å². The van der Waals surface area contributed by atoms with Crippen molar-refractivity contribution in [3.05, 3.63) is 42.2 Å². The highest BCUT2D eigenvalue weighted by molar-refractivity contribution is 5.95. The highest BCUT2D eigenvalue weighted by Gasteiger charge is 2.32. The SMILES string of the molecule is CNc1cc(N2C[C@H](O)C[C@@H]2CNC(=O)c2cccc(N3CCCC3)c2)ncn1. The van der Waals surface area contributed by atoms with Crippen molar-refractivity contribution in [2.24, 2.45) is 0 Å². The lowest BCUT2D eigenvalue weighted by Crippen LogP contribution is -2.40. The normalized spacial score (nSPS) is 21.4. The van der Waals surface area contributed by atoms with Crippen LogP contribution in [0.25, 0.3) is 0 Å². The lowest BCUT2D eigenvalue weighted by molar-refractivity contribution is 0.0950. The Hall–Kier alpha value is -2.87. The van der Waals surface area contributed by atoms with Crippen LogP contribution in [0.2, 0.25) is 0 Å². The van der Waals surface area contributed by atoms with Gasteiger partial charge in [0.1, 0.15) is 18.0 Å². The molecule has 0 bridgehead atoms. The molecule has 2 atom stereocenters. The van der Waals surface area contributed by atoms with Gasteiger partial charge in [-0.3, -0.25) is 4.79 Å². The molecule has 2 aliphatic heterocycles. The van der Waals surface area contributed by atoms with Crippen molar-refractivity contribution in [2.75, 3.05) is 48.3 Å². The number of aliphatic hydroxyl groups is 1. The predicted octanol–water partition coefficient (Wildman–Crippen LogP) is 1.49. The number of nitrogens with zero attached hydrogens (tertiary/aromatic N) is 4. The van der Waals surface area contributed by atoms with Gasteiger partial charge in [-0.1, -0.05) is 6.07 Å². The van der Waals surface area contributed by atoms with Crippen LogP contribution < -0.4 is 20.4 Å². The summed E-state index contributed by atoms with van der Waals surface area (Å²) < 4.78 is 0. The van der Waals surface area contributed by atoms with Crippen LogP contribution >= 0.6 is 0 Å². The van der Waals surface area contributed by atoms with Crippen LogP contribution in [0.1, 0.15) is 29.6 Å². The van der Waals surface area contributed by atoms with E-state index >= 15 is 0 Å². The molecule has 0 unspecified atom stereocenters. The number of rotatable bonds is 6. The molecule has 2 saturated heterocycles. The first-order chi connectivity index (χ1) is 14.1. The molecule has 2 aliphatic rings. The largest absolute Gasteiger partial charge is 0.391 e. The molecule has 0 spiro atoms. The van der Waals surface area contributed by atoms with Crippen molar-refractivity contribution in [1.82, 2.24) is 15.3 Å². The average molecular weight is 396 g/mol. The summed E-state index contributed by atoms with van der Waals surface area (Å²) in [4.78, 5) is 25.6. The second-order valence-corrected chi connectivity index (χ2v) is 7.66.